The van der Waals surface area contributed by atoms with Crippen LogP contribution in [0.15, 0.2) is 24.3 Å². The van der Waals surface area contributed by atoms with Gasteiger partial charge in [-0.15, -0.1) is 0 Å². The number of hydrogen-bond acceptors (Lipinski definition) is 1. The molecule has 120 valence electrons. The molecule has 1 aromatic rings. The van der Waals surface area contributed by atoms with Crippen LogP contribution in [0.1, 0.15) is 49.7 Å². The van der Waals surface area contributed by atoms with Crippen LogP contribution in [0.2, 0.25) is 0 Å². The van der Waals surface area contributed by atoms with E-state index >= 15 is 0 Å². The minimum atomic E-state index is -4.37. The van der Waals surface area contributed by atoms with Gasteiger partial charge in [-0.1, -0.05) is 31.0 Å². The molecular weight excluding hydrogens is 291 g/mol. The summed E-state index contributed by atoms with van der Waals surface area (Å²) in [6.07, 6.45) is 0.722. The van der Waals surface area contributed by atoms with Gasteiger partial charge in [0, 0.05) is 13.1 Å². The second-order valence-electron chi connectivity index (χ2n) is 6.37. The topological polar surface area (TPSA) is 20.3 Å². The maximum Gasteiger partial charge on any atom is 0.416 e. The van der Waals surface area contributed by atoms with Crippen molar-refractivity contribution < 1.29 is 18.0 Å². The van der Waals surface area contributed by atoms with E-state index in [9.17, 15) is 18.0 Å². The fraction of sp³-hybridized carbons (Fsp3) is 0.588. The summed E-state index contributed by atoms with van der Waals surface area (Å²) < 4.78 is 39.0. The first-order valence-electron chi connectivity index (χ1n) is 7.91. The summed E-state index contributed by atoms with van der Waals surface area (Å²) in [5.41, 5.74) is -0.867. The van der Waals surface area contributed by atoms with Crippen molar-refractivity contribution in [1.82, 2.24) is 4.90 Å². The summed E-state index contributed by atoms with van der Waals surface area (Å²) in [4.78, 5) is 14.8. The van der Waals surface area contributed by atoms with Crippen molar-refractivity contribution in [3.05, 3.63) is 35.4 Å². The molecule has 0 aromatic heterocycles. The molecule has 2 fully saturated rings. The van der Waals surface area contributed by atoms with Crippen molar-refractivity contribution in [1.29, 1.82) is 0 Å². The maximum absolute atomic E-state index is 13.0. The van der Waals surface area contributed by atoms with Crippen LogP contribution < -0.4 is 0 Å². The van der Waals surface area contributed by atoms with Gasteiger partial charge in [-0.25, -0.2) is 0 Å². The lowest BCUT2D eigenvalue weighted by Gasteiger charge is -2.33. The quantitative estimate of drug-likeness (QED) is 0.804. The van der Waals surface area contributed by atoms with Crippen LogP contribution in [0.3, 0.4) is 0 Å². The maximum atomic E-state index is 13.0. The molecule has 1 saturated heterocycles. The highest BCUT2D eigenvalue weighted by molar-refractivity contribution is 5.89. The van der Waals surface area contributed by atoms with E-state index in [1.165, 1.54) is 12.1 Å². The Labute approximate surface area is 128 Å². The van der Waals surface area contributed by atoms with Crippen LogP contribution in [0.25, 0.3) is 0 Å². The highest BCUT2D eigenvalue weighted by atomic mass is 19.4. The Balaban J connectivity index is 1.99. The van der Waals surface area contributed by atoms with Crippen LogP contribution >= 0.6 is 0 Å². The fourth-order valence-electron chi connectivity index (χ4n) is 3.82. The average molecular weight is 311 g/mol. The second-order valence-corrected chi connectivity index (χ2v) is 6.37. The third-order valence-electron chi connectivity index (χ3n) is 5.00. The average Bonchev–Trinajstić information content (AvgIpc) is 3.18. The van der Waals surface area contributed by atoms with E-state index < -0.39 is 17.2 Å². The van der Waals surface area contributed by atoms with Crippen LogP contribution in [-0.4, -0.2) is 23.9 Å². The molecule has 0 atom stereocenters. The van der Waals surface area contributed by atoms with Crippen molar-refractivity contribution in [3.63, 3.8) is 0 Å². The van der Waals surface area contributed by atoms with E-state index in [0.717, 1.165) is 44.8 Å². The zero-order chi connectivity index (χ0) is 15.8. The molecule has 0 spiro atoms. The number of amides is 1. The van der Waals surface area contributed by atoms with Crippen molar-refractivity contribution in [3.8, 4) is 0 Å². The Hall–Kier alpha value is -1.52. The molecule has 1 aromatic carbocycles. The molecule has 1 aliphatic carbocycles. The van der Waals surface area contributed by atoms with Gasteiger partial charge in [0.15, 0.2) is 0 Å². The highest BCUT2D eigenvalue weighted by Crippen LogP contribution is 2.44. The SMILES string of the molecule is O=C(N1CCCC1)C1(c2cccc(C(F)(F)F)c2)CCCC1. The lowest BCUT2D eigenvalue weighted by atomic mass is 9.77. The number of likely N-dealkylation sites (tertiary alicyclic amines) is 1. The van der Waals surface area contributed by atoms with Gasteiger partial charge in [-0.3, -0.25) is 4.79 Å². The van der Waals surface area contributed by atoms with E-state index in [4.69, 9.17) is 0 Å². The van der Waals surface area contributed by atoms with Gasteiger partial charge in [0.2, 0.25) is 5.91 Å². The monoisotopic (exact) mass is 311 g/mol. The molecule has 0 radical (unpaired) electrons. The molecule has 1 amide bonds. The molecule has 1 aliphatic heterocycles. The van der Waals surface area contributed by atoms with Crippen LogP contribution in [-0.2, 0) is 16.4 Å². The Morgan fingerprint density at radius 3 is 2.27 bits per heavy atom. The van der Waals surface area contributed by atoms with E-state index in [2.05, 4.69) is 0 Å². The summed E-state index contributed by atoms with van der Waals surface area (Å²) in [7, 11) is 0. The number of rotatable bonds is 2. The number of hydrogen-bond donors (Lipinski definition) is 0. The number of carbonyl (C=O) groups excluding carboxylic acids is 1. The zero-order valence-electron chi connectivity index (χ0n) is 12.5. The van der Waals surface area contributed by atoms with Gasteiger partial charge in [0.25, 0.3) is 0 Å². The molecule has 5 heteroatoms. The minimum absolute atomic E-state index is 0.0295. The van der Waals surface area contributed by atoms with Gasteiger partial charge in [0.1, 0.15) is 0 Å². The first-order chi connectivity index (χ1) is 10.4. The van der Waals surface area contributed by atoms with E-state index in [1.54, 1.807) is 6.07 Å². The number of halogens is 3. The number of benzene rings is 1. The second kappa shape index (κ2) is 5.60. The van der Waals surface area contributed by atoms with Crippen LogP contribution in [0, 0.1) is 0 Å². The van der Waals surface area contributed by atoms with Crippen molar-refractivity contribution >= 4 is 5.91 Å². The lowest BCUT2D eigenvalue weighted by molar-refractivity contribution is -0.139. The Morgan fingerprint density at radius 1 is 1.05 bits per heavy atom. The third kappa shape index (κ3) is 2.61. The van der Waals surface area contributed by atoms with E-state index in [1.807, 2.05) is 4.90 Å². The van der Waals surface area contributed by atoms with Crippen molar-refractivity contribution in [2.75, 3.05) is 13.1 Å². The molecule has 3 rings (SSSR count). The Kier molecular flexibility index (Phi) is 3.91. The Morgan fingerprint density at radius 2 is 1.68 bits per heavy atom. The van der Waals surface area contributed by atoms with Gasteiger partial charge in [-0.05, 0) is 37.3 Å². The number of carbonyl (C=O) groups is 1. The largest absolute Gasteiger partial charge is 0.416 e. The summed E-state index contributed by atoms with van der Waals surface area (Å²) in [5, 5.41) is 0. The summed E-state index contributed by atoms with van der Waals surface area (Å²) in [6.45, 7) is 1.47. The smallest absolute Gasteiger partial charge is 0.342 e. The van der Waals surface area contributed by atoms with Crippen LogP contribution in [0.5, 0.6) is 0 Å². The first kappa shape index (κ1) is 15.4. The molecule has 22 heavy (non-hydrogen) atoms. The van der Waals surface area contributed by atoms with E-state index in [-0.39, 0.29) is 5.91 Å². The standard InChI is InChI=1S/C17H20F3NO/c18-17(19,20)14-7-5-6-13(12-14)16(8-1-2-9-16)15(22)21-10-3-4-11-21/h5-7,12H,1-4,8-11H2. The first-order valence-corrected chi connectivity index (χ1v) is 7.91. The molecule has 0 bridgehead atoms. The van der Waals surface area contributed by atoms with Crippen molar-refractivity contribution in [2.45, 2.75) is 50.1 Å². The molecule has 0 N–H and O–H groups in total. The van der Waals surface area contributed by atoms with E-state index in [0.29, 0.717) is 18.4 Å². The van der Waals surface area contributed by atoms with Gasteiger partial charge >= 0.3 is 6.18 Å². The summed E-state index contributed by atoms with van der Waals surface area (Å²) >= 11 is 0. The number of alkyl halides is 3. The molecule has 2 aliphatic rings. The molecule has 1 heterocycles. The molecule has 2 nitrogen and oxygen atoms in total. The highest BCUT2D eigenvalue weighted by Gasteiger charge is 2.46. The number of nitrogens with zero attached hydrogens (tertiary/aromatic N) is 1. The minimum Gasteiger partial charge on any atom is -0.342 e. The van der Waals surface area contributed by atoms with Gasteiger partial charge in [0.05, 0.1) is 11.0 Å². The summed E-state index contributed by atoms with van der Waals surface area (Å²) in [5.74, 6) is 0.0295. The van der Waals surface area contributed by atoms with Crippen LogP contribution in [0.4, 0.5) is 13.2 Å². The third-order valence-corrected chi connectivity index (χ3v) is 5.00. The fourth-order valence-corrected chi connectivity index (χ4v) is 3.82. The van der Waals surface area contributed by atoms with Crippen molar-refractivity contribution in [2.24, 2.45) is 0 Å². The Bertz CT molecular complexity index is 555. The van der Waals surface area contributed by atoms with Gasteiger partial charge < -0.3 is 4.90 Å². The molecule has 0 unspecified atom stereocenters. The summed E-state index contributed by atoms with van der Waals surface area (Å²) in [6, 6.07) is 5.37. The molecular formula is C17H20F3NO. The normalized spacial score (nSPS) is 21.3. The van der Waals surface area contributed by atoms with Gasteiger partial charge in [-0.2, -0.15) is 13.2 Å². The molecule has 1 saturated carbocycles. The zero-order valence-corrected chi connectivity index (χ0v) is 12.5. The predicted octanol–water partition coefficient (Wildman–Crippen LogP) is 4.14. The lowest BCUT2D eigenvalue weighted by Crippen LogP contribution is -2.44. The predicted molar refractivity (Wildman–Crippen MR) is 77.4 cm³/mol.